The van der Waals surface area contributed by atoms with E-state index in [0.717, 1.165) is 0 Å². The molecule has 0 radical (unpaired) electrons. The summed E-state index contributed by atoms with van der Waals surface area (Å²) in [6.45, 7) is 2.77. The van der Waals surface area contributed by atoms with Crippen LogP contribution >= 0.6 is 28.1 Å². The third kappa shape index (κ3) is 3.76. The smallest absolute Gasteiger partial charge is 0.337 e. The first kappa shape index (κ1) is 18.8. The number of ether oxygens (including phenoxy) is 2. The molecule has 130 valence electrons. The summed E-state index contributed by atoms with van der Waals surface area (Å²) in [4.78, 5) is 14.1. The molecule has 0 aliphatic carbocycles. The van der Waals surface area contributed by atoms with E-state index in [4.69, 9.17) is 21.7 Å². The molecule has 2 rings (SSSR count). The highest BCUT2D eigenvalue weighted by Gasteiger charge is 2.34. The molecule has 1 N–H and O–H groups in total. The zero-order valence-corrected chi connectivity index (χ0v) is 16.0. The predicted molar refractivity (Wildman–Crippen MR) is 95.9 cm³/mol. The summed E-state index contributed by atoms with van der Waals surface area (Å²) in [6.07, 6.45) is 0. The lowest BCUT2D eigenvalue weighted by molar-refractivity contribution is -0.136. The van der Waals surface area contributed by atoms with Crippen LogP contribution in [0, 0.1) is 5.82 Å². The molecule has 0 aromatic heterocycles. The fraction of sp³-hybridized carbons (Fsp3) is 0.375. The molecular weight excluding hydrogens is 399 g/mol. The summed E-state index contributed by atoms with van der Waals surface area (Å²) in [5.74, 6) is -0.838. The number of hydrogen-bond acceptors (Lipinski definition) is 4. The molecule has 1 aliphatic rings. The van der Waals surface area contributed by atoms with Crippen molar-refractivity contribution in [2.24, 2.45) is 0 Å². The van der Waals surface area contributed by atoms with Gasteiger partial charge in [0.2, 0.25) is 0 Å². The first-order valence-electron chi connectivity index (χ1n) is 7.21. The average Bonchev–Trinajstić information content (AvgIpc) is 2.56. The van der Waals surface area contributed by atoms with Crippen LogP contribution in [0.5, 0.6) is 0 Å². The zero-order chi connectivity index (χ0) is 17.9. The number of methoxy groups -OCH3 is 2. The summed E-state index contributed by atoms with van der Waals surface area (Å²) in [7, 11) is 2.92. The molecule has 5 nitrogen and oxygen atoms in total. The summed E-state index contributed by atoms with van der Waals surface area (Å²) in [5, 5.41) is 3.61. The van der Waals surface area contributed by atoms with Crippen molar-refractivity contribution >= 4 is 39.2 Å². The van der Waals surface area contributed by atoms with Crippen LogP contribution in [0.25, 0.3) is 0 Å². The van der Waals surface area contributed by atoms with Gasteiger partial charge in [-0.25, -0.2) is 9.18 Å². The van der Waals surface area contributed by atoms with Crippen LogP contribution in [0.1, 0.15) is 18.5 Å². The number of esters is 1. The van der Waals surface area contributed by atoms with Gasteiger partial charge in [0.15, 0.2) is 5.11 Å². The molecular formula is C16H18BrFN2O3S. The highest BCUT2D eigenvalue weighted by molar-refractivity contribution is 9.10. The molecule has 8 heteroatoms. The van der Waals surface area contributed by atoms with E-state index in [1.165, 1.54) is 13.2 Å². The Morgan fingerprint density at radius 2 is 2.17 bits per heavy atom. The number of rotatable bonds is 5. The lowest BCUT2D eigenvalue weighted by Gasteiger charge is -2.37. The normalized spacial score (nSPS) is 17.8. The molecule has 0 saturated heterocycles. The number of thiocarbonyl (C=S) groups is 1. The quantitative estimate of drug-likeness (QED) is 0.588. The average molecular weight is 417 g/mol. The van der Waals surface area contributed by atoms with Crippen molar-refractivity contribution < 1.29 is 18.7 Å². The number of benzene rings is 1. The van der Waals surface area contributed by atoms with Crippen LogP contribution in [0.4, 0.5) is 4.39 Å². The monoisotopic (exact) mass is 416 g/mol. The van der Waals surface area contributed by atoms with Crippen molar-refractivity contribution in [2.45, 2.75) is 13.0 Å². The van der Waals surface area contributed by atoms with Crippen LogP contribution in [-0.4, -0.2) is 43.4 Å². The summed E-state index contributed by atoms with van der Waals surface area (Å²) >= 11 is 8.58. The molecule has 1 atom stereocenters. The molecule has 1 aliphatic heterocycles. The van der Waals surface area contributed by atoms with Crippen LogP contribution < -0.4 is 5.32 Å². The van der Waals surface area contributed by atoms with Gasteiger partial charge >= 0.3 is 5.97 Å². The zero-order valence-electron chi connectivity index (χ0n) is 13.6. The lowest BCUT2D eigenvalue weighted by atomic mass is 9.95. The van der Waals surface area contributed by atoms with E-state index in [2.05, 4.69) is 21.2 Å². The van der Waals surface area contributed by atoms with Crippen molar-refractivity contribution in [3.05, 3.63) is 45.3 Å². The molecule has 24 heavy (non-hydrogen) atoms. The van der Waals surface area contributed by atoms with Gasteiger partial charge in [-0.05, 0) is 52.8 Å². The maximum Gasteiger partial charge on any atom is 0.337 e. The minimum atomic E-state index is -0.513. The van der Waals surface area contributed by atoms with E-state index in [0.29, 0.717) is 39.6 Å². The molecule has 0 fully saturated rings. The van der Waals surface area contributed by atoms with Crippen LogP contribution in [0.3, 0.4) is 0 Å². The third-order valence-electron chi connectivity index (χ3n) is 3.80. The predicted octanol–water partition coefficient (Wildman–Crippen LogP) is 2.91. The van der Waals surface area contributed by atoms with E-state index in [1.807, 2.05) is 0 Å². The maximum atomic E-state index is 13.5. The second-order valence-corrected chi connectivity index (χ2v) is 6.43. The first-order chi connectivity index (χ1) is 11.4. The molecule has 0 bridgehead atoms. The van der Waals surface area contributed by atoms with Gasteiger partial charge in [-0.15, -0.1) is 0 Å². The SMILES string of the molecule is COCCN1C(=S)N[C@@H](c2ccc(F)c(Br)c2)C(C(=O)OC)=C1C. The second-order valence-electron chi connectivity index (χ2n) is 5.19. The summed E-state index contributed by atoms with van der Waals surface area (Å²) < 4.78 is 23.9. The van der Waals surface area contributed by atoms with Crippen molar-refractivity contribution in [1.82, 2.24) is 10.2 Å². The number of carbonyl (C=O) groups is 1. The molecule has 0 saturated carbocycles. The van der Waals surface area contributed by atoms with Gasteiger partial charge in [0.25, 0.3) is 0 Å². The Bertz CT molecular complexity index is 696. The van der Waals surface area contributed by atoms with Crippen LogP contribution in [-0.2, 0) is 14.3 Å². The molecule has 1 aromatic carbocycles. The Kier molecular flexibility index (Phi) is 6.31. The summed E-state index contributed by atoms with van der Waals surface area (Å²) in [6, 6.07) is 4.06. The minimum absolute atomic E-state index is 0.316. The van der Waals surface area contributed by atoms with Crippen molar-refractivity contribution in [1.29, 1.82) is 0 Å². The van der Waals surface area contributed by atoms with Crippen LogP contribution in [0.2, 0.25) is 0 Å². The van der Waals surface area contributed by atoms with E-state index in [1.54, 1.807) is 31.1 Å². The highest BCUT2D eigenvalue weighted by atomic mass is 79.9. The fourth-order valence-electron chi connectivity index (χ4n) is 2.55. The largest absolute Gasteiger partial charge is 0.466 e. The Hall–Kier alpha value is -1.51. The maximum absolute atomic E-state index is 13.5. The second kappa shape index (κ2) is 8.04. The lowest BCUT2D eigenvalue weighted by Crippen LogP contribution is -2.48. The van der Waals surface area contributed by atoms with Crippen molar-refractivity contribution in [3.63, 3.8) is 0 Å². The van der Waals surface area contributed by atoms with Gasteiger partial charge in [-0.1, -0.05) is 6.07 Å². The van der Waals surface area contributed by atoms with E-state index >= 15 is 0 Å². The molecule has 0 amide bonds. The van der Waals surface area contributed by atoms with Crippen LogP contribution in [0.15, 0.2) is 33.9 Å². The number of nitrogens with one attached hydrogen (secondary N) is 1. The van der Waals surface area contributed by atoms with E-state index in [-0.39, 0.29) is 5.82 Å². The van der Waals surface area contributed by atoms with Gasteiger partial charge in [-0.3, -0.25) is 0 Å². The third-order valence-corrected chi connectivity index (χ3v) is 4.74. The molecule has 1 heterocycles. The Morgan fingerprint density at radius 3 is 2.75 bits per heavy atom. The summed E-state index contributed by atoms with van der Waals surface area (Å²) in [5.41, 5.74) is 1.82. The van der Waals surface area contributed by atoms with E-state index in [9.17, 15) is 9.18 Å². The first-order valence-corrected chi connectivity index (χ1v) is 8.41. The number of nitrogens with zero attached hydrogens (tertiary/aromatic N) is 1. The fourth-order valence-corrected chi connectivity index (χ4v) is 3.29. The molecule has 1 aromatic rings. The Labute approximate surface area is 153 Å². The van der Waals surface area contributed by atoms with E-state index < -0.39 is 12.0 Å². The van der Waals surface area contributed by atoms with Gasteiger partial charge in [0.05, 0.1) is 29.8 Å². The highest BCUT2D eigenvalue weighted by Crippen LogP contribution is 2.32. The van der Waals surface area contributed by atoms with Crippen molar-refractivity contribution in [3.8, 4) is 0 Å². The number of halogens is 2. The molecule has 0 spiro atoms. The van der Waals surface area contributed by atoms with Gasteiger partial charge in [0, 0.05) is 19.4 Å². The van der Waals surface area contributed by atoms with Gasteiger partial charge in [-0.2, -0.15) is 0 Å². The Balaban J connectivity index is 2.50. The van der Waals surface area contributed by atoms with Gasteiger partial charge < -0.3 is 19.7 Å². The number of allylic oxidation sites excluding steroid dienone is 1. The molecule has 0 unspecified atom stereocenters. The van der Waals surface area contributed by atoms with Crippen molar-refractivity contribution in [2.75, 3.05) is 27.4 Å². The van der Waals surface area contributed by atoms with Gasteiger partial charge in [0.1, 0.15) is 5.82 Å². The number of hydrogen-bond donors (Lipinski definition) is 1. The topological polar surface area (TPSA) is 50.8 Å². The standard InChI is InChI=1S/C16H18BrFN2O3S/c1-9-13(15(21)23-3)14(10-4-5-12(18)11(17)8-10)19-16(24)20(9)6-7-22-2/h4-5,8,14H,6-7H2,1-3H3,(H,19,24)/t14-/m0/s1. The minimum Gasteiger partial charge on any atom is -0.466 e. The Morgan fingerprint density at radius 1 is 1.46 bits per heavy atom. The number of carbonyl (C=O) groups excluding carboxylic acids is 1.